The number of benzene rings is 1. The summed E-state index contributed by atoms with van der Waals surface area (Å²) in [6.45, 7) is 6.90. The number of urea groups is 1. The summed E-state index contributed by atoms with van der Waals surface area (Å²) >= 11 is 0. The lowest BCUT2D eigenvalue weighted by atomic mass is 10.2. The van der Waals surface area contributed by atoms with Crippen LogP contribution >= 0.6 is 0 Å². The highest BCUT2D eigenvalue weighted by Crippen LogP contribution is 2.41. The molecule has 0 bridgehead atoms. The van der Waals surface area contributed by atoms with E-state index in [-0.39, 0.29) is 23.6 Å². The number of carbonyl (C=O) groups is 1. The van der Waals surface area contributed by atoms with Crippen molar-refractivity contribution in [3.8, 4) is 17.2 Å². The Balaban J connectivity index is 2.22. The Labute approximate surface area is 160 Å². The van der Waals surface area contributed by atoms with Gasteiger partial charge in [0.05, 0.1) is 37.0 Å². The van der Waals surface area contributed by atoms with E-state index in [9.17, 15) is 13.2 Å². The first kappa shape index (κ1) is 21.1. The van der Waals surface area contributed by atoms with Crippen molar-refractivity contribution in [3.05, 3.63) is 12.1 Å². The van der Waals surface area contributed by atoms with E-state index in [2.05, 4.69) is 5.32 Å². The van der Waals surface area contributed by atoms with Crippen molar-refractivity contribution in [2.45, 2.75) is 33.2 Å². The van der Waals surface area contributed by atoms with Crippen LogP contribution in [0.3, 0.4) is 0 Å². The van der Waals surface area contributed by atoms with Crippen molar-refractivity contribution in [2.24, 2.45) is 0 Å². The molecule has 1 aromatic rings. The number of rotatable bonds is 8. The molecule has 9 heteroatoms. The second-order valence-corrected chi connectivity index (χ2v) is 8.43. The van der Waals surface area contributed by atoms with Crippen LogP contribution in [0.25, 0.3) is 0 Å². The van der Waals surface area contributed by atoms with Crippen LogP contribution < -0.4 is 19.5 Å². The fourth-order valence-electron chi connectivity index (χ4n) is 2.92. The quantitative estimate of drug-likeness (QED) is 0.721. The first-order valence-electron chi connectivity index (χ1n) is 9.11. The zero-order chi connectivity index (χ0) is 20.0. The number of carbonyl (C=O) groups excluding carboxylic acids is 1. The highest BCUT2D eigenvalue weighted by molar-refractivity contribution is 7.91. The molecule has 8 nitrogen and oxygen atoms in total. The third-order valence-corrected chi connectivity index (χ3v) is 5.99. The lowest BCUT2D eigenvalue weighted by Crippen LogP contribution is -2.40. The number of anilines is 1. The SMILES string of the molecule is CCOc1cc(NC(=O)N(C)C2CCS(=O)(=O)C2)cc(OCC)c1OCC. The fraction of sp³-hybridized carbons (Fsp3) is 0.611. The number of ether oxygens (including phenoxy) is 3. The van der Waals surface area contributed by atoms with E-state index in [0.29, 0.717) is 49.2 Å². The van der Waals surface area contributed by atoms with Gasteiger partial charge >= 0.3 is 6.03 Å². The molecule has 1 fully saturated rings. The molecule has 0 radical (unpaired) electrons. The van der Waals surface area contributed by atoms with Gasteiger partial charge in [-0.05, 0) is 27.2 Å². The van der Waals surface area contributed by atoms with E-state index in [1.807, 2.05) is 20.8 Å². The van der Waals surface area contributed by atoms with Crippen LogP contribution in [0.15, 0.2) is 12.1 Å². The molecule has 0 aliphatic carbocycles. The van der Waals surface area contributed by atoms with E-state index in [1.165, 1.54) is 4.90 Å². The highest BCUT2D eigenvalue weighted by Gasteiger charge is 2.33. The lowest BCUT2D eigenvalue weighted by Gasteiger charge is -2.24. The Morgan fingerprint density at radius 2 is 1.67 bits per heavy atom. The molecule has 1 aliphatic heterocycles. The summed E-state index contributed by atoms with van der Waals surface area (Å²) in [4.78, 5) is 14.0. The van der Waals surface area contributed by atoms with Gasteiger partial charge in [0.2, 0.25) is 5.75 Å². The molecule has 1 aliphatic rings. The molecule has 1 N–H and O–H groups in total. The number of hydrogen-bond donors (Lipinski definition) is 1. The second kappa shape index (κ2) is 9.16. The molecule has 1 heterocycles. The number of amides is 2. The third-order valence-electron chi connectivity index (χ3n) is 4.24. The number of hydrogen-bond acceptors (Lipinski definition) is 6. The standard InChI is InChI=1S/C18H28N2O6S/c1-5-24-15-10-13(11-16(25-6-2)17(15)26-7-3)19-18(21)20(4)14-8-9-27(22,23)12-14/h10-11,14H,5-9,12H2,1-4H3,(H,19,21). The van der Waals surface area contributed by atoms with Gasteiger partial charge < -0.3 is 24.4 Å². The Hall–Kier alpha value is -2.16. The van der Waals surface area contributed by atoms with E-state index in [1.54, 1.807) is 19.2 Å². The van der Waals surface area contributed by atoms with Crippen LogP contribution in [0.1, 0.15) is 27.2 Å². The summed E-state index contributed by atoms with van der Waals surface area (Å²) in [5.41, 5.74) is 0.489. The van der Waals surface area contributed by atoms with E-state index in [0.717, 1.165) is 0 Å². The van der Waals surface area contributed by atoms with Crippen LogP contribution in [-0.4, -0.2) is 63.8 Å². The van der Waals surface area contributed by atoms with Crippen molar-refractivity contribution in [1.82, 2.24) is 4.90 Å². The van der Waals surface area contributed by atoms with Crippen LogP contribution in [0.4, 0.5) is 10.5 Å². The normalized spacial score (nSPS) is 18.0. The zero-order valence-electron chi connectivity index (χ0n) is 16.3. The maximum atomic E-state index is 12.6. The minimum Gasteiger partial charge on any atom is -0.490 e. The van der Waals surface area contributed by atoms with Gasteiger partial charge in [-0.25, -0.2) is 13.2 Å². The molecule has 2 rings (SSSR count). The van der Waals surface area contributed by atoms with Crippen molar-refractivity contribution >= 4 is 21.6 Å². The van der Waals surface area contributed by atoms with E-state index < -0.39 is 9.84 Å². The molecule has 1 saturated heterocycles. The molecule has 0 spiro atoms. The number of nitrogens with zero attached hydrogens (tertiary/aromatic N) is 1. The summed E-state index contributed by atoms with van der Waals surface area (Å²) in [6, 6.07) is 2.64. The van der Waals surface area contributed by atoms with Crippen LogP contribution in [0.2, 0.25) is 0 Å². The molecule has 1 unspecified atom stereocenters. The predicted molar refractivity (Wildman–Crippen MR) is 104 cm³/mol. The van der Waals surface area contributed by atoms with Gasteiger partial charge in [0.1, 0.15) is 0 Å². The first-order valence-corrected chi connectivity index (χ1v) is 10.9. The Bertz CT molecular complexity index is 738. The first-order chi connectivity index (χ1) is 12.8. The Morgan fingerprint density at radius 1 is 1.11 bits per heavy atom. The van der Waals surface area contributed by atoms with Gasteiger partial charge in [0, 0.05) is 25.2 Å². The van der Waals surface area contributed by atoms with Crippen LogP contribution in [0.5, 0.6) is 17.2 Å². The summed E-state index contributed by atoms with van der Waals surface area (Å²) in [6.07, 6.45) is 0.448. The molecule has 27 heavy (non-hydrogen) atoms. The van der Waals surface area contributed by atoms with Crippen LogP contribution in [-0.2, 0) is 9.84 Å². The van der Waals surface area contributed by atoms with Gasteiger partial charge in [-0.1, -0.05) is 0 Å². The average molecular weight is 400 g/mol. The molecular formula is C18H28N2O6S. The fourth-order valence-corrected chi connectivity index (χ4v) is 4.69. The minimum absolute atomic E-state index is 0.00537. The topological polar surface area (TPSA) is 94.2 Å². The van der Waals surface area contributed by atoms with Gasteiger partial charge in [0.25, 0.3) is 0 Å². The molecule has 152 valence electrons. The summed E-state index contributed by atoms with van der Waals surface area (Å²) < 4.78 is 40.2. The van der Waals surface area contributed by atoms with Gasteiger partial charge in [-0.15, -0.1) is 0 Å². The second-order valence-electron chi connectivity index (χ2n) is 6.20. The summed E-state index contributed by atoms with van der Waals surface area (Å²) in [7, 11) is -1.47. The monoisotopic (exact) mass is 400 g/mol. The molecule has 0 aromatic heterocycles. The van der Waals surface area contributed by atoms with Crippen molar-refractivity contribution in [3.63, 3.8) is 0 Å². The largest absolute Gasteiger partial charge is 0.490 e. The van der Waals surface area contributed by atoms with E-state index >= 15 is 0 Å². The van der Waals surface area contributed by atoms with Crippen molar-refractivity contribution in [2.75, 3.05) is 43.7 Å². The minimum atomic E-state index is -3.07. The molecule has 1 aromatic carbocycles. The number of sulfone groups is 1. The molecule has 2 amide bonds. The number of nitrogens with one attached hydrogen (secondary N) is 1. The lowest BCUT2D eigenvalue weighted by molar-refractivity contribution is 0.209. The molecule has 1 atom stereocenters. The van der Waals surface area contributed by atoms with Crippen molar-refractivity contribution in [1.29, 1.82) is 0 Å². The van der Waals surface area contributed by atoms with Gasteiger partial charge in [-0.3, -0.25) is 0 Å². The Morgan fingerprint density at radius 3 is 2.11 bits per heavy atom. The van der Waals surface area contributed by atoms with Crippen molar-refractivity contribution < 1.29 is 27.4 Å². The van der Waals surface area contributed by atoms with E-state index in [4.69, 9.17) is 14.2 Å². The smallest absolute Gasteiger partial charge is 0.321 e. The molecular weight excluding hydrogens is 372 g/mol. The maximum Gasteiger partial charge on any atom is 0.321 e. The average Bonchev–Trinajstić information content (AvgIpc) is 2.97. The van der Waals surface area contributed by atoms with Gasteiger partial charge in [0.15, 0.2) is 21.3 Å². The highest BCUT2D eigenvalue weighted by atomic mass is 32.2. The molecule has 0 saturated carbocycles. The summed E-state index contributed by atoms with van der Waals surface area (Å²) in [5, 5.41) is 2.79. The van der Waals surface area contributed by atoms with Gasteiger partial charge in [-0.2, -0.15) is 0 Å². The Kier molecular flexibility index (Phi) is 7.18. The zero-order valence-corrected chi connectivity index (χ0v) is 17.1. The van der Waals surface area contributed by atoms with Crippen LogP contribution in [0, 0.1) is 0 Å². The predicted octanol–water partition coefficient (Wildman–Crippen LogP) is 2.53. The summed E-state index contributed by atoms with van der Waals surface area (Å²) in [5.74, 6) is 1.56. The third kappa shape index (κ3) is 5.41. The maximum absolute atomic E-state index is 12.6.